The van der Waals surface area contributed by atoms with Gasteiger partial charge in [-0.05, 0) is 117 Å². The van der Waals surface area contributed by atoms with Crippen LogP contribution >= 0.6 is 0 Å². The van der Waals surface area contributed by atoms with Crippen molar-refractivity contribution in [2.45, 2.75) is 95.1 Å². The van der Waals surface area contributed by atoms with Gasteiger partial charge in [0.2, 0.25) is 11.8 Å². The summed E-state index contributed by atoms with van der Waals surface area (Å²) >= 11 is 0. The van der Waals surface area contributed by atoms with Crippen molar-refractivity contribution < 1.29 is 18.1 Å². The molecule has 7 aliphatic rings. The highest BCUT2D eigenvalue weighted by atomic mass is 19.1. The molecule has 11 rings (SSSR count). The second kappa shape index (κ2) is 8.96. The number of fused-ring (bicyclic) bond motifs is 5. The third kappa shape index (κ3) is 4.02. The summed E-state index contributed by atoms with van der Waals surface area (Å²) in [7, 11) is 0. The number of nitrogens with zero attached hydrogens (tertiary/aromatic N) is 5. The van der Waals surface area contributed by atoms with Gasteiger partial charge in [-0.3, -0.25) is 9.69 Å². The number of rotatable bonds is 7. The summed E-state index contributed by atoms with van der Waals surface area (Å²) in [5.41, 5.74) is 2.86. The van der Waals surface area contributed by atoms with E-state index in [0.717, 1.165) is 85.3 Å². The third-order valence-electron chi connectivity index (χ3n) is 11.7. The first-order valence-electron chi connectivity index (χ1n) is 16.0. The van der Waals surface area contributed by atoms with Crippen molar-refractivity contribution in [3.63, 3.8) is 0 Å². The van der Waals surface area contributed by atoms with Crippen LogP contribution in [0.1, 0.15) is 94.2 Å². The first-order chi connectivity index (χ1) is 20.8. The van der Waals surface area contributed by atoms with Crippen molar-refractivity contribution in [3.05, 3.63) is 54.1 Å². The summed E-state index contributed by atoms with van der Waals surface area (Å²) < 4.78 is 26.3. The van der Waals surface area contributed by atoms with Crippen LogP contribution in [0.15, 0.2) is 45.5 Å². The predicted octanol–water partition coefficient (Wildman–Crippen LogP) is 7.22. The van der Waals surface area contributed by atoms with Gasteiger partial charge in [0.05, 0.1) is 5.41 Å². The second-order valence-corrected chi connectivity index (χ2v) is 14.4. The summed E-state index contributed by atoms with van der Waals surface area (Å²) in [6, 6.07) is 9.97. The zero-order chi connectivity index (χ0) is 29.0. The van der Waals surface area contributed by atoms with E-state index in [0.29, 0.717) is 43.4 Å². The van der Waals surface area contributed by atoms with Crippen molar-refractivity contribution in [1.82, 2.24) is 20.1 Å². The average molecular weight is 582 g/mol. The Morgan fingerprint density at radius 1 is 1.00 bits per heavy atom. The van der Waals surface area contributed by atoms with E-state index in [9.17, 15) is 9.18 Å². The standard InChI is InChI=1S/C34H36FN5O3/c1-20-37-26-5-4-22(14-27(26)42-20)23-6-13-36-28(15-23)40(31(41)34-16-24(17-34)25(35)18-34)19-32-7-10-33(11-8-32,12-9-32)30-38-29(39-43-30)21-2-3-21/h4-6,13-15,21,24-25H,2-3,7-12,16-19H2,1H3/t24?,25-,32?,33?,34?/m0/s1. The largest absolute Gasteiger partial charge is 0.441 e. The molecule has 1 amide bonds. The number of aryl methyl sites for hydroxylation is 1. The van der Waals surface area contributed by atoms with Gasteiger partial charge in [-0.15, -0.1) is 0 Å². The van der Waals surface area contributed by atoms with Crippen LogP contribution in [0, 0.1) is 23.7 Å². The summed E-state index contributed by atoms with van der Waals surface area (Å²) in [5.74, 6) is 3.55. The topological polar surface area (TPSA) is 98.1 Å². The van der Waals surface area contributed by atoms with E-state index >= 15 is 0 Å². The molecule has 1 atom stereocenters. The number of alkyl halides is 1. The molecule has 4 aromatic rings. The normalized spacial score (nSPS) is 32.7. The monoisotopic (exact) mass is 581 g/mol. The smallest absolute Gasteiger partial charge is 0.234 e. The highest BCUT2D eigenvalue weighted by molar-refractivity contribution is 5.98. The summed E-state index contributed by atoms with van der Waals surface area (Å²) in [5, 5.41) is 4.32. The zero-order valence-corrected chi connectivity index (χ0v) is 24.5. The SMILES string of the molecule is Cc1nc2ccc(-c3ccnc(N(CC45CCC(c6nc(C7CC7)no6)(CC4)CC5)C(=O)C45CC(C4)[C@@H](F)C5)c3)cc2o1. The molecule has 3 aromatic heterocycles. The van der Waals surface area contributed by atoms with Crippen LogP contribution in [0.3, 0.4) is 0 Å². The number of pyridine rings is 1. The molecule has 1 aromatic carbocycles. The van der Waals surface area contributed by atoms with Crippen LogP contribution in [0.2, 0.25) is 0 Å². The fourth-order valence-corrected chi connectivity index (χ4v) is 8.79. The Labute approximate surface area is 249 Å². The van der Waals surface area contributed by atoms with Gasteiger partial charge in [0.15, 0.2) is 17.3 Å². The van der Waals surface area contributed by atoms with Gasteiger partial charge in [-0.2, -0.15) is 4.98 Å². The number of hydrogen-bond donors (Lipinski definition) is 0. The molecule has 9 heteroatoms. The van der Waals surface area contributed by atoms with Crippen molar-refractivity contribution in [3.8, 4) is 11.1 Å². The molecule has 7 saturated carbocycles. The molecule has 222 valence electrons. The van der Waals surface area contributed by atoms with Crippen LogP contribution in [-0.4, -0.2) is 38.7 Å². The molecule has 4 bridgehead atoms. The van der Waals surface area contributed by atoms with E-state index in [1.165, 1.54) is 0 Å². The number of halogens is 1. The van der Waals surface area contributed by atoms with Crippen molar-refractivity contribution >= 4 is 22.8 Å². The molecular weight excluding hydrogens is 545 g/mol. The molecular formula is C34H36FN5O3. The third-order valence-corrected chi connectivity index (χ3v) is 11.7. The molecule has 0 N–H and O–H groups in total. The van der Waals surface area contributed by atoms with Crippen LogP contribution < -0.4 is 4.90 Å². The van der Waals surface area contributed by atoms with E-state index < -0.39 is 11.6 Å². The molecule has 7 aliphatic carbocycles. The van der Waals surface area contributed by atoms with Gasteiger partial charge >= 0.3 is 0 Å². The fraction of sp³-hybridized carbons (Fsp3) is 0.559. The lowest BCUT2D eigenvalue weighted by Gasteiger charge is -2.53. The first-order valence-corrected chi connectivity index (χ1v) is 16.0. The number of carbonyl (C=O) groups excluding carboxylic acids is 1. The Bertz CT molecular complexity index is 1730. The lowest BCUT2D eigenvalue weighted by Crippen LogP contribution is -2.54. The summed E-state index contributed by atoms with van der Waals surface area (Å²) in [4.78, 5) is 30.4. The molecule has 0 radical (unpaired) electrons. The van der Waals surface area contributed by atoms with Crippen molar-refractivity contribution in [1.29, 1.82) is 0 Å². The molecule has 0 saturated heterocycles. The molecule has 8 nitrogen and oxygen atoms in total. The highest BCUT2D eigenvalue weighted by Gasteiger charge is 2.62. The number of benzene rings is 1. The van der Waals surface area contributed by atoms with E-state index in [1.54, 1.807) is 6.20 Å². The van der Waals surface area contributed by atoms with Gasteiger partial charge in [-0.25, -0.2) is 14.4 Å². The number of oxazole rings is 1. The predicted molar refractivity (Wildman–Crippen MR) is 157 cm³/mol. The number of hydrogen-bond acceptors (Lipinski definition) is 7. The minimum absolute atomic E-state index is 0.00176. The lowest BCUT2D eigenvalue weighted by atomic mass is 9.53. The maximum absolute atomic E-state index is 14.7. The Morgan fingerprint density at radius 2 is 1.77 bits per heavy atom. The van der Waals surface area contributed by atoms with E-state index in [1.807, 2.05) is 42.2 Å². The molecule has 0 unspecified atom stereocenters. The van der Waals surface area contributed by atoms with Gasteiger partial charge in [0.1, 0.15) is 17.5 Å². The fourth-order valence-electron chi connectivity index (χ4n) is 8.79. The Balaban J connectivity index is 1.02. The quantitative estimate of drug-likeness (QED) is 0.227. The second-order valence-electron chi connectivity index (χ2n) is 14.4. The first kappa shape index (κ1) is 25.8. The number of carbonyl (C=O) groups is 1. The molecule has 43 heavy (non-hydrogen) atoms. The van der Waals surface area contributed by atoms with Gasteiger partial charge in [0, 0.05) is 31.0 Å². The molecule has 3 heterocycles. The van der Waals surface area contributed by atoms with Gasteiger partial charge in [0.25, 0.3) is 0 Å². The Morgan fingerprint density at radius 3 is 2.49 bits per heavy atom. The number of amides is 1. The zero-order valence-electron chi connectivity index (χ0n) is 24.5. The number of aromatic nitrogens is 4. The van der Waals surface area contributed by atoms with Gasteiger partial charge < -0.3 is 8.94 Å². The van der Waals surface area contributed by atoms with Gasteiger partial charge in [-0.1, -0.05) is 11.2 Å². The van der Waals surface area contributed by atoms with E-state index in [-0.39, 0.29) is 22.7 Å². The molecule has 0 spiro atoms. The maximum Gasteiger partial charge on any atom is 0.234 e. The van der Waals surface area contributed by atoms with Crippen molar-refractivity contribution in [2.24, 2.45) is 16.7 Å². The average Bonchev–Trinajstić information content (AvgIpc) is 3.31. The van der Waals surface area contributed by atoms with E-state index in [4.69, 9.17) is 18.9 Å². The molecule has 0 aliphatic heterocycles. The number of anilines is 1. The van der Waals surface area contributed by atoms with Crippen molar-refractivity contribution in [2.75, 3.05) is 11.4 Å². The lowest BCUT2D eigenvalue weighted by molar-refractivity contribution is -0.132. The summed E-state index contributed by atoms with van der Waals surface area (Å²) in [6.45, 7) is 2.45. The minimum atomic E-state index is -0.875. The molecule has 7 fully saturated rings. The minimum Gasteiger partial charge on any atom is -0.441 e. The Hall–Kier alpha value is -3.62. The highest BCUT2D eigenvalue weighted by Crippen LogP contribution is 2.62. The Kier molecular flexibility index (Phi) is 5.38. The van der Waals surface area contributed by atoms with Crippen LogP contribution in [0.5, 0.6) is 0 Å². The van der Waals surface area contributed by atoms with Crippen LogP contribution in [0.4, 0.5) is 10.2 Å². The van der Waals surface area contributed by atoms with E-state index in [2.05, 4.69) is 10.1 Å². The summed E-state index contributed by atoms with van der Waals surface area (Å²) in [6.07, 6.45) is 10.9. The van der Waals surface area contributed by atoms with Crippen LogP contribution in [0.25, 0.3) is 22.2 Å². The van der Waals surface area contributed by atoms with Crippen LogP contribution in [-0.2, 0) is 10.2 Å². The maximum atomic E-state index is 14.7.